The van der Waals surface area contributed by atoms with Crippen LogP contribution in [0.2, 0.25) is 5.02 Å². The molecule has 0 aromatic heterocycles. The summed E-state index contributed by atoms with van der Waals surface area (Å²) < 4.78 is 21.1. The van der Waals surface area contributed by atoms with Gasteiger partial charge in [0.15, 0.2) is 18.1 Å². The largest absolute Gasteiger partial charge is 0.493 e. The highest BCUT2D eigenvalue weighted by atomic mass is 35.5. The van der Waals surface area contributed by atoms with Gasteiger partial charge in [0.05, 0.1) is 20.1 Å². The summed E-state index contributed by atoms with van der Waals surface area (Å²) in [4.78, 5) is 24.3. The molecule has 0 aliphatic carbocycles. The van der Waals surface area contributed by atoms with Gasteiger partial charge in [-0.25, -0.2) is 0 Å². The van der Waals surface area contributed by atoms with E-state index in [-0.39, 0.29) is 19.8 Å². The number of fused-ring (bicyclic) bond motifs is 1. The molecule has 1 N–H and O–H groups in total. The summed E-state index contributed by atoms with van der Waals surface area (Å²) in [7, 11) is 3.10. The Bertz CT molecular complexity index is 901. The lowest BCUT2D eigenvalue weighted by molar-refractivity contribution is -0.153. The van der Waals surface area contributed by atoms with Crippen molar-refractivity contribution in [2.24, 2.45) is 5.92 Å². The van der Waals surface area contributed by atoms with Crippen molar-refractivity contribution in [3.8, 4) is 17.2 Å². The molecule has 1 aliphatic rings. The van der Waals surface area contributed by atoms with Gasteiger partial charge < -0.3 is 24.3 Å². The van der Waals surface area contributed by atoms with Gasteiger partial charge in [-0.3, -0.25) is 9.59 Å². The van der Waals surface area contributed by atoms with Crippen molar-refractivity contribution in [3.63, 3.8) is 0 Å². The van der Waals surface area contributed by atoms with Crippen molar-refractivity contribution >= 4 is 23.5 Å². The van der Waals surface area contributed by atoms with Gasteiger partial charge in [-0.15, -0.1) is 0 Å². The van der Waals surface area contributed by atoms with Gasteiger partial charge in [-0.2, -0.15) is 0 Å². The molecule has 7 nitrogen and oxygen atoms in total. The van der Waals surface area contributed by atoms with Crippen molar-refractivity contribution in [1.82, 2.24) is 5.32 Å². The van der Waals surface area contributed by atoms with Crippen LogP contribution < -0.4 is 19.5 Å². The van der Waals surface area contributed by atoms with Crippen molar-refractivity contribution < 1.29 is 28.5 Å². The highest BCUT2D eigenvalue weighted by molar-refractivity contribution is 6.30. The minimum absolute atomic E-state index is 0.209. The predicted octanol–water partition coefficient (Wildman–Crippen LogP) is 2.77. The van der Waals surface area contributed by atoms with Crippen LogP contribution >= 0.6 is 11.6 Å². The number of hydrogen-bond donors (Lipinski definition) is 1. The Kier molecular flexibility index (Phi) is 6.82. The topological polar surface area (TPSA) is 83.1 Å². The van der Waals surface area contributed by atoms with E-state index in [0.717, 1.165) is 11.1 Å². The maximum atomic E-state index is 12.3. The number of carbonyl (C=O) groups excluding carboxylic acids is 2. The molecule has 1 heterocycles. The van der Waals surface area contributed by atoms with Crippen molar-refractivity contribution in [3.05, 3.63) is 52.5 Å². The summed E-state index contributed by atoms with van der Waals surface area (Å²) in [5.74, 6) is 0.549. The predicted molar refractivity (Wildman–Crippen MR) is 106 cm³/mol. The maximum Gasteiger partial charge on any atom is 0.313 e. The third kappa shape index (κ3) is 5.32. The van der Waals surface area contributed by atoms with Gasteiger partial charge in [-0.05, 0) is 47.9 Å². The molecule has 0 saturated heterocycles. The first-order chi connectivity index (χ1) is 14.0. The number of benzene rings is 2. The van der Waals surface area contributed by atoms with Crippen LogP contribution in [0.3, 0.4) is 0 Å². The zero-order valence-electron chi connectivity index (χ0n) is 16.2. The number of hydrogen-bond acceptors (Lipinski definition) is 6. The van der Waals surface area contributed by atoms with Gasteiger partial charge >= 0.3 is 5.97 Å². The van der Waals surface area contributed by atoms with E-state index in [1.54, 1.807) is 44.6 Å². The molecule has 0 fully saturated rings. The van der Waals surface area contributed by atoms with Gasteiger partial charge in [0.25, 0.3) is 5.91 Å². The standard InChI is InChI=1S/C21H22ClNO6/c1-26-18-5-3-13(7-19(18)27-2)10-23-20(24)12-29-21(25)15-8-14-9-16(22)4-6-17(14)28-11-15/h3-7,9,15H,8,10-12H2,1-2H3,(H,23,24)/t15-/m1/s1. The minimum Gasteiger partial charge on any atom is -0.493 e. The maximum absolute atomic E-state index is 12.3. The molecule has 2 aromatic carbocycles. The highest BCUT2D eigenvalue weighted by Gasteiger charge is 2.28. The number of rotatable bonds is 7. The number of carbonyl (C=O) groups is 2. The molecule has 8 heteroatoms. The van der Waals surface area contributed by atoms with Crippen LogP contribution in [0.5, 0.6) is 17.2 Å². The number of esters is 1. The molecule has 0 bridgehead atoms. The second-order valence-electron chi connectivity index (χ2n) is 6.54. The first-order valence-corrected chi connectivity index (χ1v) is 9.43. The van der Waals surface area contributed by atoms with E-state index in [1.165, 1.54) is 0 Å². The van der Waals surface area contributed by atoms with E-state index in [9.17, 15) is 9.59 Å². The second-order valence-corrected chi connectivity index (χ2v) is 6.97. The van der Waals surface area contributed by atoms with Gasteiger partial charge in [-0.1, -0.05) is 17.7 Å². The number of nitrogens with one attached hydrogen (secondary N) is 1. The molecule has 29 heavy (non-hydrogen) atoms. The molecule has 1 amide bonds. The Morgan fingerprint density at radius 1 is 1.14 bits per heavy atom. The van der Waals surface area contributed by atoms with E-state index in [2.05, 4.69) is 5.32 Å². The average molecular weight is 420 g/mol. The fourth-order valence-corrected chi connectivity index (χ4v) is 3.21. The Hall–Kier alpha value is -2.93. The van der Waals surface area contributed by atoms with Crippen LogP contribution in [0.25, 0.3) is 0 Å². The summed E-state index contributed by atoms with van der Waals surface area (Å²) in [6.45, 7) is 0.126. The number of ether oxygens (including phenoxy) is 4. The van der Waals surface area contributed by atoms with Crippen LogP contribution in [0.1, 0.15) is 11.1 Å². The van der Waals surface area contributed by atoms with Crippen molar-refractivity contribution in [2.75, 3.05) is 27.4 Å². The molecule has 154 valence electrons. The Labute approximate surface area is 173 Å². The van der Waals surface area contributed by atoms with Crippen LogP contribution in [0.4, 0.5) is 0 Å². The van der Waals surface area contributed by atoms with E-state index >= 15 is 0 Å². The molecular weight excluding hydrogens is 398 g/mol. The van der Waals surface area contributed by atoms with Crippen LogP contribution in [-0.4, -0.2) is 39.3 Å². The molecule has 1 atom stereocenters. The Balaban J connectivity index is 1.46. The minimum atomic E-state index is -0.475. The van der Waals surface area contributed by atoms with Gasteiger partial charge in [0.2, 0.25) is 0 Å². The second kappa shape index (κ2) is 9.52. The van der Waals surface area contributed by atoms with Gasteiger partial charge in [0, 0.05) is 11.6 Å². The molecule has 0 saturated carbocycles. The number of methoxy groups -OCH3 is 2. The monoisotopic (exact) mass is 419 g/mol. The quantitative estimate of drug-likeness (QED) is 0.695. The van der Waals surface area contributed by atoms with E-state index in [4.69, 9.17) is 30.5 Å². The fourth-order valence-electron chi connectivity index (χ4n) is 3.01. The first kappa shape index (κ1) is 20.8. The summed E-state index contributed by atoms with van der Waals surface area (Å²) >= 11 is 5.99. The first-order valence-electron chi connectivity index (χ1n) is 9.05. The van der Waals surface area contributed by atoms with Crippen LogP contribution in [0.15, 0.2) is 36.4 Å². The summed E-state index contributed by atoms with van der Waals surface area (Å²) in [6, 6.07) is 10.6. The zero-order chi connectivity index (χ0) is 20.8. The lowest BCUT2D eigenvalue weighted by atomic mass is 9.97. The molecule has 2 aromatic rings. The van der Waals surface area contributed by atoms with Crippen LogP contribution in [0, 0.1) is 5.92 Å². The summed E-state index contributed by atoms with van der Waals surface area (Å²) in [5, 5.41) is 3.29. The summed E-state index contributed by atoms with van der Waals surface area (Å²) in [6.07, 6.45) is 0.460. The van der Waals surface area contributed by atoms with E-state index in [1.807, 2.05) is 6.07 Å². The van der Waals surface area contributed by atoms with Crippen molar-refractivity contribution in [2.45, 2.75) is 13.0 Å². The highest BCUT2D eigenvalue weighted by Crippen LogP contribution is 2.30. The zero-order valence-corrected chi connectivity index (χ0v) is 17.0. The number of halogens is 1. The van der Waals surface area contributed by atoms with Gasteiger partial charge in [0.1, 0.15) is 12.4 Å². The third-order valence-corrected chi connectivity index (χ3v) is 4.78. The van der Waals surface area contributed by atoms with Crippen LogP contribution in [-0.2, 0) is 27.3 Å². The average Bonchev–Trinajstić information content (AvgIpc) is 2.75. The third-order valence-electron chi connectivity index (χ3n) is 4.55. The normalized spacial score (nSPS) is 14.9. The van der Waals surface area contributed by atoms with Crippen molar-refractivity contribution in [1.29, 1.82) is 0 Å². The lowest BCUT2D eigenvalue weighted by Crippen LogP contribution is -2.33. The molecule has 0 spiro atoms. The Morgan fingerprint density at radius 3 is 2.69 bits per heavy atom. The lowest BCUT2D eigenvalue weighted by Gasteiger charge is -2.24. The Morgan fingerprint density at radius 2 is 1.93 bits per heavy atom. The SMILES string of the molecule is COc1ccc(CNC(=O)COC(=O)[C@H]2COc3ccc(Cl)cc3C2)cc1OC. The molecule has 1 aliphatic heterocycles. The molecule has 0 unspecified atom stereocenters. The van der Waals surface area contributed by atoms with E-state index in [0.29, 0.717) is 28.7 Å². The molecule has 0 radical (unpaired) electrons. The molecule has 3 rings (SSSR count). The summed E-state index contributed by atoms with van der Waals surface area (Å²) in [5.41, 5.74) is 1.68. The fraction of sp³-hybridized carbons (Fsp3) is 0.333. The van der Waals surface area contributed by atoms with E-state index < -0.39 is 17.8 Å². The molecular formula is C21H22ClNO6. The smallest absolute Gasteiger partial charge is 0.313 e. The number of amides is 1.